The molecule has 12 heteroatoms. The third kappa shape index (κ3) is 6.60. The highest BCUT2D eigenvalue weighted by molar-refractivity contribution is 7.89. The standard InChI is InChI=1S/C28H31ClN4O6S/c1-3-20(34)14-19-6-4-7-21(15-19)40(37,38)33-12-10-18(11-13-33)16-24(35)27-23(17-30-32-27)31-28(36)26-22(29)8-5-9-25(26)39-2/h4-9,15,17-18H,3,10-14,16H2,1-2H3,(H,30,32)(H,31,36). The fourth-order valence-electron chi connectivity index (χ4n) is 4.71. The van der Waals surface area contributed by atoms with E-state index in [1.807, 2.05) is 0 Å². The number of methoxy groups -OCH3 is 1. The molecule has 1 aliphatic rings. The largest absolute Gasteiger partial charge is 0.496 e. The molecule has 1 aromatic heterocycles. The third-order valence-corrected chi connectivity index (χ3v) is 9.18. The van der Waals surface area contributed by atoms with Gasteiger partial charge in [-0.05, 0) is 48.6 Å². The number of carbonyl (C=O) groups excluding carboxylic acids is 3. The van der Waals surface area contributed by atoms with Crippen molar-refractivity contribution in [3.63, 3.8) is 0 Å². The number of hydrogen-bond donors (Lipinski definition) is 2. The Balaban J connectivity index is 1.37. The Morgan fingerprint density at radius 1 is 1.15 bits per heavy atom. The van der Waals surface area contributed by atoms with E-state index in [9.17, 15) is 22.8 Å². The summed E-state index contributed by atoms with van der Waals surface area (Å²) in [5.74, 6) is -0.482. The maximum absolute atomic E-state index is 13.2. The minimum Gasteiger partial charge on any atom is -0.496 e. The molecule has 1 aliphatic heterocycles. The molecule has 212 valence electrons. The second-order valence-electron chi connectivity index (χ2n) is 9.62. The van der Waals surface area contributed by atoms with E-state index in [2.05, 4.69) is 15.5 Å². The molecule has 0 spiro atoms. The number of carbonyl (C=O) groups is 3. The molecule has 2 N–H and O–H groups in total. The number of nitrogens with zero attached hydrogens (tertiary/aromatic N) is 2. The minimum atomic E-state index is -3.73. The first-order chi connectivity index (χ1) is 19.1. The van der Waals surface area contributed by atoms with Crippen LogP contribution in [-0.4, -0.2) is 60.6 Å². The summed E-state index contributed by atoms with van der Waals surface area (Å²) < 4.78 is 33.2. The molecule has 10 nitrogen and oxygen atoms in total. The van der Waals surface area contributed by atoms with Gasteiger partial charge in [0.25, 0.3) is 5.91 Å². The predicted octanol–water partition coefficient (Wildman–Crippen LogP) is 4.52. The molecule has 0 aliphatic carbocycles. The Kier molecular flexibility index (Phi) is 9.39. The van der Waals surface area contributed by atoms with Gasteiger partial charge in [-0.15, -0.1) is 0 Å². The molecule has 0 unspecified atom stereocenters. The molecule has 4 rings (SSSR count). The molecule has 1 fully saturated rings. The monoisotopic (exact) mass is 586 g/mol. The molecular formula is C28H31ClN4O6S. The summed E-state index contributed by atoms with van der Waals surface area (Å²) in [5, 5.41) is 9.47. The molecule has 0 saturated carbocycles. The number of ketones is 2. The Hall–Kier alpha value is -3.54. The number of anilines is 1. The van der Waals surface area contributed by atoms with Gasteiger partial charge in [0.05, 0.1) is 28.9 Å². The van der Waals surface area contributed by atoms with Gasteiger partial charge < -0.3 is 10.1 Å². The molecule has 40 heavy (non-hydrogen) atoms. The number of piperidine rings is 1. The number of H-pyrrole nitrogens is 1. The molecule has 1 saturated heterocycles. The number of nitrogens with one attached hydrogen (secondary N) is 2. The van der Waals surface area contributed by atoms with Gasteiger partial charge in [0.1, 0.15) is 22.8 Å². The first-order valence-corrected chi connectivity index (χ1v) is 14.8. The summed E-state index contributed by atoms with van der Waals surface area (Å²) in [6, 6.07) is 11.3. The zero-order valence-electron chi connectivity index (χ0n) is 22.3. The minimum absolute atomic E-state index is 0.0389. The number of benzene rings is 2. The fraction of sp³-hybridized carbons (Fsp3) is 0.357. The van der Waals surface area contributed by atoms with E-state index in [1.165, 1.54) is 23.7 Å². The third-order valence-electron chi connectivity index (χ3n) is 6.97. The lowest BCUT2D eigenvalue weighted by atomic mass is 9.91. The number of halogens is 1. The molecular weight excluding hydrogens is 556 g/mol. The van der Waals surface area contributed by atoms with E-state index < -0.39 is 15.9 Å². The Morgan fingerprint density at radius 2 is 1.88 bits per heavy atom. The lowest BCUT2D eigenvalue weighted by Crippen LogP contribution is -2.39. The number of aromatic amines is 1. The average Bonchev–Trinajstić information content (AvgIpc) is 3.41. The smallest absolute Gasteiger partial charge is 0.261 e. The highest BCUT2D eigenvalue weighted by atomic mass is 35.5. The molecule has 2 heterocycles. The molecule has 2 aromatic carbocycles. The van der Waals surface area contributed by atoms with Crippen molar-refractivity contribution < 1.29 is 27.5 Å². The normalized spacial score (nSPS) is 14.6. The van der Waals surface area contributed by atoms with Crippen LogP contribution < -0.4 is 10.1 Å². The maximum atomic E-state index is 13.2. The van der Waals surface area contributed by atoms with Crippen LogP contribution in [0.25, 0.3) is 0 Å². The zero-order valence-corrected chi connectivity index (χ0v) is 23.8. The zero-order chi connectivity index (χ0) is 28.9. The van der Waals surface area contributed by atoms with Crippen LogP contribution >= 0.6 is 11.6 Å². The highest BCUT2D eigenvalue weighted by Crippen LogP contribution is 2.30. The average molecular weight is 587 g/mol. The molecule has 0 bridgehead atoms. The molecule has 0 radical (unpaired) electrons. The maximum Gasteiger partial charge on any atom is 0.261 e. The summed E-state index contributed by atoms with van der Waals surface area (Å²) >= 11 is 6.20. The first kappa shape index (κ1) is 29.4. The molecule has 3 aromatic rings. The van der Waals surface area contributed by atoms with Crippen LogP contribution in [-0.2, 0) is 21.2 Å². The van der Waals surface area contributed by atoms with Crippen LogP contribution in [0.1, 0.15) is 59.0 Å². The predicted molar refractivity (Wildman–Crippen MR) is 150 cm³/mol. The van der Waals surface area contributed by atoms with E-state index >= 15 is 0 Å². The van der Waals surface area contributed by atoms with Crippen molar-refractivity contribution >= 4 is 44.8 Å². The summed E-state index contributed by atoms with van der Waals surface area (Å²) in [7, 11) is -2.30. The number of Topliss-reactive ketones (excluding diaryl/α,β-unsaturated/α-hetero) is 2. The van der Waals surface area contributed by atoms with Crippen molar-refractivity contribution in [3.05, 3.63) is 70.5 Å². The molecule has 0 atom stereocenters. The second-order valence-corrected chi connectivity index (χ2v) is 12.0. The number of aromatic nitrogens is 2. The Morgan fingerprint density at radius 3 is 2.58 bits per heavy atom. The van der Waals surface area contributed by atoms with Gasteiger partial charge in [-0.3, -0.25) is 19.5 Å². The fourth-order valence-corrected chi connectivity index (χ4v) is 6.50. The molecule has 1 amide bonds. The van der Waals surface area contributed by atoms with Gasteiger partial charge in [-0.25, -0.2) is 8.42 Å². The van der Waals surface area contributed by atoms with E-state index in [1.54, 1.807) is 43.3 Å². The van der Waals surface area contributed by atoms with Crippen molar-refractivity contribution in [1.82, 2.24) is 14.5 Å². The number of rotatable bonds is 11. The van der Waals surface area contributed by atoms with Gasteiger partial charge in [0.15, 0.2) is 5.78 Å². The van der Waals surface area contributed by atoms with Crippen molar-refractivity contribution in [3.8, 4) is 5.75 Å². The number of hydrogen-bond acceptors (Lipinski definition) is 7. The first-order valence-electron chi connectivity index (χ1n) is 12.9. The number of ether oxygens (including phenoxy) is 1. The van der Waals surface area contributed by atoms with E-state index in [-0.39, 0.29) is 70.3 Å². The van der Waals surface area contributed by atoms with Crippen LogP contribution in [0.4, 0.5) is 5.69 Å². The van der Waals surface area contributed by atoms with E-state index in [4.69, 9.17) is 16.3 Å². The van der Waals surface area contributed by atoms with Gasteiger partial charge in [0, 0.05) is 32.4 Å². The topological polar surface area (TPSA) is 139 Å². The summed E-state index contributed by atoms with van der Waals surface area (Å²) in [6.07, 6.45) is 3.13. The van der Waals surface area contributed by atoms with Crippen molar-refractivity contribution in [1.29, 1.82) is 0 Å². The van der Waals surface area contributed by atoms with Crippen molar-refractivity contribution in [2.45, 2.75) is 43.9 Å². The lowest BCUT2D eigenvalue weighted by molar-refractivity contribution is -0.118. The lowest BCUT2D eigenvalue weighted by Gasteiger charge is -2.31. The SMILES string of the molecule is CCC(=O)Cc1cccc(S(=O)(=O)N2CCC(CC(=O)c3[nH]ncc3NC(=O)c3c(Cl)cccc3OC)CC2)c1. The van der Waals surface area contributed by atoms with Crippen molar-refractivity contribution in [2.75, 3.05) is 25.5 Å². The van der Waals surface area contributed by atoms with Crippen molar-refractivity contribution in [2.24, 2.45) is 5.92 Å². The van der Waals surface area contributed by atoms with Gasteiger partial charge in [-0.1, -0.05) is 36.7 Å². The Bertz CT molecular complexity index is 1510. The van der Waals surface area contributed by atoms with E-state index in [0.29, 0.717) is 30.6 Å². The number of amides is 1. The van der Waals surface area contributed by atoms with Gasteiger partial charge in [-0.2, -0.15) is 9.40 Å². The second kappa shape index (κ2) is 12.8. The van der Waals surface area contributed by atoms with Gasteiger partial charge in [0.2, 0.25) is 10.0 Å². The highest BCUT2D eigenvalue weighted by Gasteiger charge is 2.31. The van der Waals surface area contributed by atoms with Crippen LogP contribution in [0.3, 0.4) is 0 Å². The number of sulfonamides is 1. The summed E-state index contributed by atoms with van der Waals surface area (Å²) in [6.45, 7) is 2.33. The quantitative estimate of drug-likeness (QED) is 0.315. The van der Waals surface area contributed by atoms with Crippen LogP contribution in [0, 0.1) is 5.92 Å². The summed E-state index contributed by atoms with van der Waals surface area (Å²) in [4.78, 5) is 38.0. The van der Waals surface area contributed by atoms with E-state index in [0.717, 1.165) is 0 Å². The van der Waals surface area contributed by atoms with Crippen LogP contribution in [0.15, 0.2) is 53.6 Å². The van der Waals surface area contributed by atoms with Crippen LogP contribution in [0.2, 0.25) is 5.02 Å². The van der Waals surface area contributed by atoms with Crippen LogP contribution in [0.5, 0.6) is 5.75 Å². The van der Waals surface area contributed by atoms with Gasteiger partial charge >= 0.3 is 0 Å². The Labute approximate surface area is 238 Å². The summed E-state index contributed by atoms with van der Waals surface area (Å²) in [5.41, 5.74) is 1.19.